The first kappa shape index (κ1) is 15.9. The van der Waals surface area contributed by atoms with E-state index in [9.17, 15) is 0 Å². The molecule has 0 bridgehead atoms. The highest BCUT2D eigenvalue weighted by Crippen LogP contribution is 2.31. The summed E-state index contributed by atoms with van der Waals surface area (Å²) in [6, 6.07) is 9.31. The molecular weight excluding hydrogens is 266 g/mol. The van der Waals surface area contributed by atoms with Gasteiger partial charge in [0.25, 0.3) is 0 Å². The first-order chi connectivity index (χ1) is 9.85. The summed E-state index contributed by atoms with van der Waals surface area (Å²) in [4.78, 5) is 0. The van der Waals surface area contributed by atoms with Gasteiger partial charge in [-0.25, -0.2) is 0 Å². The average molecular weight is 293 g/mol. The van der Waals surface area contributed by atoms with Crippen molar-refractivity contribution in [2.45, 2.75) is 45.3 Å². The molecule has 1 aliphatic heterocycles. The molecule has 2 rings (SSSR count). The molecule has 1 aromatic carbocycles. The van der Waals surface area contributed by atoms with Gasteiger partial charge in [-0.1, -0.05) is 38.1 Å². The predicted octanol–water partition coefficient (Wildman–Crippen LogP) is 3.81. The van der Waals surface area contributed by atoms with Crippen LogP contribution in [0.3, 0.4) is 0 Å². The van der Waals surface area contributed by atoms with Crippen LogP contribution < -0.4 is 5.32 Å². The van der Waals surface area contributed by atoms with E-state index in [0.717, 1.165) is 26.0 Å². The summed E-state index contributed by atoms with van der Waals surface area (Å²) in [5.74, 6) is 2.44. The maximum atomic E-state index is 6.04. The highest BCUT2D eigenvalue weighted by molar-refractivity contribution is 7.99. The third kappa shape index (κ3) is 4.51. The van der Waals surface area contributed by atoms with Gasteiger partial charge in [-0.15, -0.1) is 0 Å². The lowest BCUT2D eigenvalue weighted by Gasteiger charge is -2.29. The Labute approximate surface area is 127 Å². The molecule has 2 nitrogen and oxygen atoms in total. The van der Waals surface area contributed by atoms with E-state index in [4.69, 9.17) is 4.74 Å². The van der Waals surface area contributed by atoms with Crippen LogP contribution in [-0.2, 0) is 11.2 Å². The minimum atomic E-state index is 0.270. The van der Waals surface area contributed by atoms with Gasteiger partial charge in [0.15, 0.2) is 0 Å². The number of benzene rings is 1. The van der Waals surface area contributed by atoms with Gasteiger partial charge in [-0.2, -0.15) is 11.8 Å². The van der Waals surface area contributed by atoms with E-state index in [-0.39, 0.29) is 6.10 Å². The van der Waals surface area contributed by atoms with Crippen LogP contribution in [0.2, 0.25) is 0 Å². The molecule has 1 aliphatic rings. The van der Waals surface area contributed by atoms with Crippen LogP contribution in [0.25, 0.3) is 0 Å². The topological polar surface area (TPSA) is 21.3 Å². The summed E-state index contributed by atoms with van der Waals surface area (Å²) in [6.07, 6.45) is 3.67. The lowest BCUT2D eigenvalue weighted by atomic mass is 9.94. The second-order valence-electron chi connectivity index (χ2n) is 5.37. The second-order valence-corrected chi connectivity index (χ2v) is 6.52. The summed E-state index contributed by atoms with van der Waals surface area (Å²) in [5.41, 5.74) is 2.88. The summed E-state index contributed by atoms with van der Waals surface area (Å²) < 4.78 is 6.04. The van der Waals surface area contributed by atoms with Crippen LogP contribution in [0.4, 0.5) is 0 Å². The van der Waals surface area contributed by atoms with Crippen molar-refractivity contribution >= 4 is 11.8 Å². The van der Waals surface area contributed by atoms with Crippen molar-refractivity contribution in [3.05, 3.63) is 35.4 Å². The van der Waals surface area contributed by atoms with Crippen LogP contribution >= 0.6 is 11.8 Å². The van der Waals surface area contributed by atoms with Gasteiger partial charge < -0.3 is 10.1 Å². The molecule has 0 spiro atoms. The van der Waals surface area contributed by atoms with Crippen molar-refractivity contribution < 1.29 is 4.74 Å². The third-order valence-corrected chi connectivity index (χ3v) is 5.09. The Balaban J connectivity index is 1.96. The van der Waals surface area contributed by atoms with E-state index < -0.39 is 0 Å². The monoisotopic (exact) mass is 293 g/mol. The molecule has 0 aliphatic carbocycles. The summed E-state index contributed by atoms with van der Waals surface area (Å²) in [7, 11) is 0. The number of fused-ring (bicyclic) bond motifs is 1. The molecule has 0 fully saturated rings. The highest BCUT2D eigenvalue weighted by Gasteiger charge is 2.23. The minimum absolute atomic E-state index is 0.270. The molecule has 2 unspecified atom stereocenters. The lowest BCUT2D eigenvalue weighted by Crippen LogP contribution is -2.34. The van der Waals surface area contributed by atoms with E-state index in [1.807, 2.05) is 0 Å². The molecule has 3 heteroatoms. The first-order valence-corrected chi connectivity index (χ1v) is 9.01. The third-order valence-electron chi connectivity index (χ3n) is 3.75. The molecule has 0 amide bonds. The number of hydrogen-bond donors (Lipinski definition) is 1. The van der Waals surface area contributed by atoms with Crippen molar-refractivity contribution in [1.82, 2.24) is 5.32 Å². The van der Waals surface area contributed by atoms with E-state index in [2.05, 4.69) is 55.2 Å². The zero-order valence-electron chi connectivity index (χ0n) is 12.7. The normalized spacial score (nSPS) is 19.6. The number of thioether (sulfide) groups is 1. The number of hydrogen-bond acceptors (Lipinski definition) is 3. The Kier molecular flexibility index (Phi) is 6.91. The Morgan fingerprint density at radius 2 is 2.20 bits per heavy atom. The fourth-order valence-electron chi connectivity index (χ4n) is 2.80. The van der Waals surface area contributed by atoms with E-state index in [1.54, 1.807) is 0 Å². The fraction of sp³-hybridized carbons (Fsp3) is 0.647. The molecule has 1 aromatic rings. The highest BCUT2D eigenvalue weighted by atomic mass is 32.2. The number of rotatable bonds is 8. The lowest BCUT2D eigenvalue weighted by molar-refractivity contribution is 0.0312. The zero-order valence-corrected chi connectivity index (χ0v) is 13.5. The van der Waals surface area contributed by atoms with E-state index in [1.165, 1.54) is 29.1 Å². The number of nitrogens with one attached hydrogen (secondary N) is 1. The quantitative estimate of drug-likeness (QED) is 0.736. The van der Waals surface area contributed by atoms with Crippen molar-refractivity contribution in [2.24, 2.45) is 0 Å². The van der Waals surface area contributed by atoms with Crippen molar-refractivity contribution in [2.75, 3.05) is 24.7 Å². The summed E-state index contributed by atoms with van der Waals surface area (Å²) in [5, 5.41) is 3.62. The molecular formula is C17H27NOS. The van der Waals surface area contributed by atoms with Gasteiger partial charge in [0.2, 0.25) is 0 Å². The largest absolute Gasteiger partial charge is 0.373 e. The molecule has 0 aromatic heterocycles. The van der Waals surface area contributed by atoms with Gasteiger partial charge in [-0.3, -0.25) is 0 Å². The van der Waals surface area contributed by atoms with E-state index in [0.29, 0.717) is 6.04 Å². The standard InChI is InChI=1S/C17H27NOS/c1-3-11-20-13-15(18-4-2)12-17-16-8-6-5-7-14(16)9-10-19-17/h5-8,15,17-18H,3-4,9-13H2,1-2H3. The Hall–Kier alpha value is -0.510. The zero-order chi connectivity index (χ0) is 14.2. The Morgan fingerprint density at radius 1 is 1.35 bits per heavy atom. The molecule has 1 N–H and O–H groups in total. The van der Waals surface area contributed by atoms with Gasteiger partial charge in [0, 0.05) is 11.8 Å². The average Bonchev–Trinajstić information content (AvgIpc) is 2.48. The van der Waals surface area contributed by atoms with Crippen molar-refractivity contribution in [1.29, 1.82) is 0 Å². The van der Waals surface area contributed by atoms with Crippen LogP contribution in [0, 0.1) is 0 Å². The molecule has 112 valence electrons. The van der Waals surface area contributed by atoms with Gasteiger partial charge >= 0.3 is 0 Å². The predicted molar refractivity (Wildman–Crippen MR) is 88.5 cm³/mol. The fourth-order valence-corrected chi connectivity index (χ4v) is 3.79. The van der Waals surface area contributed by atoms with Crippen LogP contribution in [0.15, 0.2) is 24.3 Å². The number of ether oxygens (including phenoxy) is 1. The van der Waals surface area contributed by atoms with Crippen LogP contribution in [-0.4, -0.2) is 30.7 Å². The van der Waals surface area contributed by atoms with Crippen LogP contribution in [0.5, 0.6) is 0 Å². The smallest absolute Gasteiger partial charge is 0.0842 e. The van der Waals surface area contributed by atoms with Crippen molar-refractivity contribution in [3.63, 3.8) is 0 Å². The van der Waals surface area contributed by atoms with Crippen molar-refractivity contribution in [3.8, 4) is 0 Å². The van der Waals surface area contributed by atoms with E-state index >= 15 is 0 Å². The first-order valence-electron chi connectivity index (χ1n) is 7.85. The second kappa shape index (κ2) is 8.71. The SMILES string of the molecule is CCCSCC(CC1OCCc2ccccc21)NCC. The maximum absolute atomic E-state index is 6.04. The maximum Gasteiger partial charge on any atom is 0.0842 e. The van der Waals surface area contributed by atoms with Gasteiger partial charge in [0.05, 0.1) is 12.7 Å². The minimum Gasteiger partial charge on any atom is -0.373 e. The summed E-state index contributed by atoms with van der Waals surface area (Å²) in [6.45, 7) is 6.33. The summed E-state index contributed by atoms with van der Waals surface area (Å²) >= 11 is 2.05. The molecule has 0 saturated heterocycles. The van der Waals surface area contributed by atoms with Gasteiger partial charge in [0.1, 0.15) is 0 Å². The van der Waals surface area contributed by atoms with Gasteiger partial charge in [-0.05, 0) is 42.7 Å². The molecule has 2 atom stereocenters. The van der Waals surface area contributed by atoms with Crippen LogP contribution in [0.1, 0.15) is 43.9 Å². The Bertz CT molecular complexity index is 396. The molecule has 0 saturated carbocycles. The molecule has 1 heterocycles. The molecule has 0 radical (unpaired) electrons. The Morgan fingerprint density at radius 3 is 3.00 bits per heavy atom. The molecule has 20 heavy (non-hydrogen) atoms.